The zero-order valence-electron chi connectivity index (χ0n) is 17.7. The smallest absolute Gasteiger partial charge is 0.258 e. The molecule has 3 aromatic rings. The third-order valence-electron chi connectivity index (χ3n) is 5.47. The van der Waals surface area contributed by atoms with E-state index >= 15 is 0 Å². The van der Waals surface area contributed by atoms with E-state index in [0.717, 1.165) is 18.7 Å². The maximum Gasteiger partial charge on any atom is 0.258 e. The summed E-state index contributed by atoms with van der Waals surface area (Å²) in [5, 5.41) is 11.3. The summed E-state index contributed by atoms with van der Waals surface area (Å²) >= 11 is 5.24. The zero-order chi connectivity index (χ0) is 21.5. The topological polar surface area (TPSA) is 92.8 Å². The lowest BCUT2D eigenvalue weighted by molar-refractivity contribution is 0.0704. The fraction of sp³-hybridized carbons (Fsp3) is 0.476. The van der Waals surface area contributed by atoms with Crippen molar-refractivity contribution in [1.82, 2.24) is 29.8 Å². The van der Waals surface area contributed by atoms with E-state index in [2.05, 4.69) is 20.3 Å². The molecule has 3 heterocycles. The van der Waals surface area contributed by atoms with Gasteiger partial charge < -0.3 is 14.0 Å². The highest BCUT2D eigenvalue weighted by atomic mass is 32.1. The van der Waals surface area contributed by atoms with Crippen molar-refractivity contribution in [3.63, 3.8) is 0 Å². The van der Waals surface area contributed by atoms with Crippen molar-refractivity contribution < 1.29 is 9.32 Å². The van der Waals surface area contributed by atoms with Crippen molar-refractivity contribution in [2.24, 2.45) is 7.05 Å². The lowest BCUT2D eigenvalue weighted by Crippen LogP contribution is -2.40. The van der Waals surface area contributed by atoms with Gasteiger partial charge in [0.05, 0.1) is 11.1 Å². The predicted octanol–water partition coefficient (Wildman–Crippen LogP) is 3.84. The number of carbonyl (C=O) groups excluding carboxylic acids is 1. The molecule has 9 heteroatoms. The first kappa shape index (κ1) is 20.5. The van der Waals surface area contributed by atoms with Crippen LogP contribution < -0.4 is 0 Å². The highest BCUT2D eigenvalue weighted by Gasteiger charge is 2.30. The fourth-order valence-corrected chi connectivity index (χ4v) is 3.90. The minimum Gasteiger partial charge on any atom is -0.338 e. The van der Waals surface area contributed by atoms with Crippen LogP contribution in [-0.2, 0) is 12.5 Å². The van der Waals surface area contributed by atoms with Gasteiger partial charge in [-0.15, -0.1) is 0 Å². The molecule has 1 unspecified atom stereocenters. The highest BCUT2D eigenvalue weighted by molar-refractivity contribution is 7.71. The molecule has 1 amide bonds. The normalized spacial score (nSPS) is 17.3. The first-order valence-corrected chi connectivity index (χ1v) is 10.5. The summed E-state index contributed by atoms with van der Waals surface area (Å²) in [7, 11) is 1.90. The van der Waals surface area contributed by atoms with Crippen molar-refractivity contribution in [2.45, 2.75) is 44.9 Å². The highest BCUT2D eigenvalue weighted by Crippen LogP contribution is 2.30. The average molecular weight is 427 g/mol. The first-order valence-electron chi connectivity index (χ1n) is 10.1. The summed E-state index contributed by atoms with van der Waals surface area (Å²) in [5.41, 5.74) is 0.993. The number of amides is 1. The van der Waals surface area contributed by atoms with Crippen LogP contribution >= 0.6 is 12.2 Å². The number of H-pyrrole nitrogens is 1. The number of benzene rings is 1. The summed E-state index contributed by atoms with van der Waals surface area (Å²) in [6.45, 7) is 7.37. The molecule has 1 N–H and O–H groups in total. The van der Waals surface area contributed by atoms with Crippen LogP contribution in [0.15, 0.2) is 28.8 Å². The molecule has 1 aliphatic rings. The summed E-state index contributed by atoms with van der Waals surface area (Å²) in [5.74, 6) is 1.97. The molecule has 0 saturated carbocycles. The van der Waals surface area contributed by atoms with Crippen molar-refractivity contribution in [1.29, 1.82) is 0 Å². The monoisotopic (exact) mass is 426 g/mol. The van der Waals surface area contributed by atoms with Crippen LogP contribution in [0.5, 0.6) is 0 Å². The molecular weight excluding hydrogens is 400 g/mol. The molecule has 0 radical (unpaired) electrons. The Balaban J connectivity index is 1.62. The second-order valence-electron chi connectivity index (χ2n) is 8.76. The summed E-state index contributed by atoms with van der Waals surface area (Å²) in [4.78, 5) is 19.9. The molecule has 1 atom stereocenters. The molecule has 8 nitrogen and oxygen atoms in total. The summed E-state index contributed by atoms with van der Waals surface area (Å²) in [6.07, 6.45) is 1.88. The van der Waals surface area contributed by atoms with Crippen LogP contribution in [0.4, 0.5) is 0 Å². The lowest BCUT2D eigenvalue weighted by Gasteiger charge is -2.32. The molecular formula is C21H26N6O2S. The third kappa shape index (κ3) is 3.81. The summed E-state index contributed by atoms with van der Waals surface area (Å²) in [6, 6.07) is 7.40. The largest absolute Gasteiger partial charge is 0.338 e. The van der Waals surface area contributed by atoms with Crippen LogP contribution in [0.3, 0.4) is 0 Å². The van der Waals surface area contributed by atoms with Gasteiger partial charge in [-0.1, -0.05) is 38.1 Å². The number of hydrogen-bond acceptors (Lipinski definition) is 6. The number of rotatable bonds is 3. The molecule has 0 aliphatic carbocycles. The van der Waals surface area contributed by atoms with Gasteiger partial charge in [-0.25, -0.2) is 0 Å². The molecule has 1 aliphatic heterocycles. The van der Waals surface area contributed by atoms with Crippen molar-refractivity contribution in [3.05, 3.63) is 46.2 Å². The second kappa shape index (κ2) is 7.79. The average Bonchev–Trinajstić information content (AvgIpc) is 3.35. The van der Waals surface area contributed by atoms with Gasteiger partial charge in [0.2, 0.25) is 0 Å². The minimum atomic E-state index is -0.233. The van der Waals surface area contributed by atoms with Crippen molar-refractivity contribution in [3.8, 4) is 11.5 Å². The van der Waals surface area contributed by atoms with Crippen LogP contribution in [-0.4, -0.2) is 48.8 Å². The number of aromatic nitrogens is 5. The van der Waals surface area contributed by atoms with Crippen LogP contribution in [0.1, 0.15) is 61.5 Å². The van der Waals surface area contributed by atoms with E-state index in [9.17, 15) is 4.79 Å². The maximum absolute atomic E-state index is 13.4. The number of nitrogens with zero attached hydrogens (tertiary/aromatic N) is 5. The molecule has 1 fully saturated rings. The Morgan fingerprint density at radius 1 is 1.30 bits per heavy atom. The molecule has 1 aromatic carbocycles. The van der Waals surface area contributed by atoms with E-state index in [1.165, 1.54) is 0 Å². The molecule has 4 rings (SSSR count). The van der Waals surface area contributed by atoms with Gasteiger partial charge in [0.1, 0.15) is 5.82 Å². The van der Waals surface area contributed by atoms with Gasteiger partial charge in [0.25, 0.3) is 11.8 Å². The van der Waals surface area contributed by atoms with Crippen LogP contribution in [0.25, 0.3) is 11.5 Å². The van der Waals surface area contributed by atoms with Crippen molar-refractivity contribution in [2.75, 3.05) is 13.1 Å². The van der Waals surface area contributed by atoms with Gasteiger partial charge in [0.15, 0.2) is 10.6 Å². The van der Waals surface area contributed by atoms with E-state index in [-0.39, 0.29) is 17.2 Å². The van der Waals surface area contributed by atoms with Gasteiger partial charge in [-0.3, -0.25) is 9.89 Å². The quantitative estimate of drug-likeness (QED) is 0.640. The Kier molecular flexibility index (Phi) is 5.31. The Bertz CT molecular complexity index is 1120. The minimum absolute atomic E-state index is 0.0393. The van der Waals surface area contributed by atoms with E-state index in [4.69, 9.17) is 16.7 Å². The number of aromatic amines is 1. The molecule has 158 valence electrons. The van der Waals surface area contributed by atoms with E-state index < -0.39 is 0 Å². The lowest BCUT2D eigenvalue weighted by atomic mass is 9.95. The maximum atomic E-state index is 13.4. The number of piperidine rings is 1. The Morgan fingerprint density at radius 2 is 2.07 bits per heavy atom. The Labute approximate surface area is 180 Å². The van der Waals surface area contributed by atoms with Crippen LogP contribution in [0.2, 0.25) is 0 Å². The SMILES string of the molecule is Cn1c(C2CCCN(C(=O)c3ccccc3-c3nc(C(C)(C)C)no3)C2)n[nH]c1=S. The number of likely N-dealkylation sites (tertiary alicyclic amines) is 1. The van der Waals surface area contributed by atoms with E-state index in [0.29, 0.717) is 40.7 Å². The van der Waals surface area contributed by atoms with E-state index in [1.54, 1.807) is 0 Å². The van der Waals surface area contributed by atoms with Gasteiger partial charge in [-0.2, -0.15) is 10.1 Å². The van der Waals surface area contributed by atoms with Crippen LogP contribution in [0, 0.1) is 4.77 Å². The Hall–Kier alpha value is -2.81. The summed E-state index contributed by atoms with van der Waals surface area (Å²) < 4.78 is 7.97. The number of hydrogen-bond donors (Lipinski definition) is 1. The second-order valence-corrected chi connectivity index (χ2v) is 9.14. The zero-order valence-corrected chi connectivity index (χ0v) is 18.5. The molecule has 30 heavy (non-hydrogen) atoms. The molecule has 2 aromatic heterocycles. The standard InChI is InChI=1S/C21H26N6O2S/c1-21(2,3)19-22-17(29-25-19)14-9-5-6-10-15(14)18(28)27-11-7-8-13(12-27)16-23-24-20(30)26(16)4/h5-6,9-10,13H,7-8,11-12H2,1-4H3,(H,24,30). The number of carbonyl (C=O) groups is 1. The first-order chi connectivity index (χ1) is 14.3. The van der Waals surface area contributed by atoms with Gasteiger partial charge in [0, 0.05) is 31.5 Å². The predicted molar refractivity (Wildman–Crippen MR) is 115 cm³/mol. The molecule has 0 spiro atoms. The van der Waals surface area contributed by atoms with Gasteiger partial charge in [-0.05, 0) is 37.2 Å². The third-order valence-corrected chi connectivity index (χ3v) is 5.84. The Morgan fingerprint density at radius 3 is 2.73 bits per heavy atom. The van der Waals surface area contributed by atoms with E-state index in [1.807, 2.05) is 61.6 Å². The van der Waals surface area contributed by atoms with Crippen molar-refractivity contribution >= 4 is 18.1 Å². The number of nitrogens with one attached hydrogen (secondary N) is 1. The molecule has 1 saturated heterocycles. The fourth-order valence-electron chi connectivity index (χ4n) is 3.76. The van der Waals surface area contributed by atoms with Gasteiger partial charge >= 0.3 is 0 Å². The molecule has 0 bridgehead atoms.